The molecule has 21 heavy (non-hydrogen) atoms. The Morgan fingerprint density at radius 2 is 1.67 bits per heavy atom. The molecule has 0 aromatic rings. The van der Waals surface area contributed by atoms with Crippen molar-refractivity contribution in [3.05, 3.63) is 0 Å². The second-order valence-electron chi connectivity index (χ2n) is 4.28. The monoisotopic (exact) mass is 299 g/mol. The van der Waals surface area contributed by atoms with Gasteiger partial charge in [-0.25, -0.2) is 5.01 Å². The molecule has 9 heteroatoms. The van der Waals surface area contributed by atoms with Gasteiger partial charge in [0.2, 0.25) is 5.91 Å². The van der Waals surface area contributed by atoms with Crippen LogP contribution in [-0.2, 0) is 28.7 Å². The fraction of sp³-hybridized carbons (Fsp3) is 0.583. The van der Waals surface area contributed by atoms with Crippen LogP contribution in [-0.4, -0.2) is 73.7 Å². The molecule has 0 spiro atoms. The first kappa shape index (κ1) is 16.6. The number of ether oxygens (including phenoxy) is 2. The Bertz CT molecular complexity index is 469. The SMILES string of the molecule is COC(=O)CN(CC(=O)OC)C(=O)C1=NN(C)C(=O)CC1. The number of nitrogens with zero attached hydrogens (tertiary/aromatic N) is 3. The van der Waals surface area contributed by atoms with Gasteiger partial charge in [-0.05, 0) is 0 Å². The molecule has 0 aliphatic carbocycles. The Kier molecular flexibility index (Phi) is 5.82. The third-order valence-corrected chi connectivity index (χ3v) is 2.84. The van der Waals surface area contributed by atoms with Gasteiger partial charge < -0.3 is 14.4 Å². The predicted octanol–water partition coefficient (Wildman–Crippen LogP) is -1.23. The molecule has 0 bridgehead atoms. The highest BCUT2D eigenvalue weighted by Crippen LogP contribution is 2.09. The summed E-state index contributed by atoms with van der Waals surface area (Å²) < 4.78 is 8.96. The summed E-state index contributed by atoms with van der Waals surface area (Å²) in [6.07, 6.45) is 0.298. The number of amides is 2. The van der Waals surface area contributed by atoms with Crippen LogP contribution in [0.5, 0.6) is 0 Å². The first-order chi connectivity index (χ1) is 9.88. The van der Waals surface area contributed by atoms with Crippen molar-refractivity contribution in [2.24, 2.45) is 5.10 Å². The quantitative estimate of drug-likeness (QED) is 0.588. The van der Waals surface area contributed by atoms with E-state index >= 15 is 0 Å². The molecule has 0 radical (unpaired) electrons. The summed E-state index contributed by atoms with van der Waals surface area (Å²) in [4.78, 5) is 47.2. The lowest BCUT2D eigenvalue weighted by Crippen LogP contribution is -2.45. The summed E-state index contributed by atoms with van der Waals surface area (Å²) in [6, 6.07) is 0. The van der Waals surface area contributed by atoms with Crippen molar-refractivity contribution in [2.75, 3.05) is 34.4 Å². The number of carbonyl (C=O) groups excluding carboxylic acids is 4. The predicted molar refractivity (Wildman–Crippen MR) is 70.1 cm³/mol. The lowest BCUT2D eigenvalue weighted by molar-refractivity contribution is -0.150. The van der Waals surface area contributed by atoms with Gasteiger partial charge in [0.15, 0.2) is 0 Å². The van der Waals surface area contributed by atoms with E-state index in [4.69, 9.17) is 0 Å². The Labute approximate surface area is 121 Å². The Morgan fingerprint density at radius 3 is 2.10 bits per heavy atom. The van der Waals surface area contributed by atoms with Gasteiger partial charge in [-0.1, -0.05) is 0 Å². The summed E-state index contributed by atoms with van der Waals surface area (Å²) in [5.74, 6) is -2.16. The molecule has 0 saturated carbocycles. The van der Waals surface area contributed by atoms with Gasteiger partial charge in [0.25, 0.3) is 5.91 Å². The molecular formula is C12H17N3O6. The van der Waals surface area contributed by atoms with Crippen molar-refractivity contribution < 1.29 is 28.7 Å². The van der Waals surface area contributed by atoms with Gasteiger partial charge in [0, 0.05) is 19.9 Å². The lowest BCUT2D eigenvalue weighted by atomic mass is 10.1. The number of rotatable bonds is 5. The molecule has 1 aliphatic heterocycles. The summed E-state index contributed by atoms with van der Waals surface area (Å²) >= 11 is 0. The molecule has 2 amide bonds. The minimum Gasteiger partial charge on any atom is -0.468 e. The molecule has 0 aromatic carbocycles. The fourth-order valence-corrected chi connectivity index (χ4v) is 1.65. The molecule has 0 unspecified atom stereocenters. The first-order valence-electron chi connectivity index (χ1n) is 6.16. The van der Waals surface area contributed by atoms with E-state index in [2.05, 4.69) is 14.6 Å². The molecule has 1 heterocycles. The van der Waals surface area contributed by atoms with Crippen molar-refractivity contribution in [1.82, 2.24) is 9.91 Å². The number of hydrazone groups is 1. The van der Waals surface area contributed by atoms with Gasteiger partial charge in [-0.3, -0.25) is 19.2 Å². The molecule has 0 atom stereocenters. The fourth-order valence-electron chi connectivity index (χ4n) is 1.65. The van der Waals surface area contributed by atoms with Crippen LogP contribution in [0.4, 0.5) is 0 Å². The minimum atomic E-state index is -0.673. The number of hydrogen-bond donors (Lipinski definition) is 0. The van der Waals surface area contributed by atoms with Crippen molar-refractivity contribution in [1.29, 1.82) is 0 Å². The van der Waals surface area contributed by atoms with E-state index in [-0.39, 0.29) is 24.5 Å². The molecular weight excluding hydrogens is 282 g/mol. The summed E-state index contributed by atoms with van der Waals surface area (Å²) in [5.41, 5.74) is 0.102. The molecule has 1 aliphatic rings. The van der Waals surface area contributed by atoms with E-state index in [1.807, 2.05) is 0 Å². The molecule has 1 rings (SSSR count). The Hall–Kier alpha value is -2.45. The van der Waals surface area contributed by atoms with Gasteiger partial charge in [0.05, 0.1) is 14.2 Å². The minimum absolute atomic E-state index is 0.102. The summed E-state index contributed by atoms with van der Waals surface area (Å²) in [5, 5.41) is 4.92. The molecule has 0 fully saturated rings. The van der Waals surface area contributed by atoms with Crippen LogP contribution >= 0.6 is 0 Å². The van der Waals surface area contributed by atoms with Crippen LogP contribution in [0.2, 0.25) is 0 Å². The van der Waals surface area contributed by atoms with Crippen LogP contribution in [0.3, 0.4) is 0 Å². The van der Waals surface area contributed by atoms with Crippen molar-refractivity contribution in [3.63, 3.8) is 0 Å². The molecule has 0 N–H and O–H groups in total. The first-order valence-corrected chi connectivity index (χ1v) is 6.16. The van der Waals surface area contributed by atoms with E-state index in [0.29, 0.717) is 0 Å². The van der Waals surface area contributed by atoms with Crippen LogP contribution in [0, 0.1) is 0 Å². The van der Waals surface area contributed by atoms with E-state index in [1.54, 1.807) is 0 Å². The average molecular weight is 299 g/mol. The van der Waals surface area contributed by atoms with Gasteiger partial charge >= 0.3 is 11.9 Å². The topological polar surface area (TPSA) is 106 Å². The molecule has 0 saturated heterocycles. The highest BCUT2D eigenvalue weighted by molar-refractivity contribution is 6.39. The highest BCUT2D eigenvalue weighted by Gasteiger charge is 2.28. The van der Waals surface area contributed by atoms with E-state index in [9.17, 15) is 19.2 Å². The van der Waals surface area contributed by atoms with Crippen LogP contribution in [0.25, 0.3) is 0 Å². The molecule has 0 aromatic heterocycles. The number of carbonyl (C=O) groups is 4. The maximum atomic E-state index is 12.3. The maximum Gasteiger partial charge on any atom is 0.325 e. The van der Waals surface area contributed by atoms with Crippen LogP contribution < -0.4 is 0 Å². The van der Waals surface area contributed by atoms with E-state index in [1.165, 1.54) is 21.3 Å². The zero-order chi connectivity index (χ0) is 16.0. The van der Waals surface area contributed by atoms with E-state index < -0.39 is 30.9 Å². The zero-order valence-electron chi connectivity index (χ0n) is 12.1. The largest absolute Gasteiger partial charge is 0.468 e. The summed E-state index contributed by atoms with van der Waals surface area (Å²) in [7, 11) is 3.78. The highest BCUT2D eigenvalue weighted by atomic mass is 16.5. The van der Waals surface area contributed by atoms with Crippen LogP contribution in [0.15, 0.2) is 5.10 Å². The molecule has 116 valence electrons. The number of methoxy groups -OCH3 is 2. The van der Waals surface area contributed by atoms with Crippen molar-refractivity contribution in [2.45, 2.75) is 12.8 Å². The number of hydrogen-bond acceptors (Lipinski definition) is 7. The lowest BCUT2D eigenvalue weighted by Gasteiger charge is -2.24. The summed E-state index contributed by atoms with van der Waals surface area (Å²) in [6.45, 7) is -0.803. The standard InChI is InChI=1S/C12H17N3O6/c1-14-9(16)5-4-8(13-14)12(19)15(6-10(17)20-2)7-11(18)21-3/h4-7H2,1-3H3. The Morgan fingerprint density at radius 1 is 1.14 bits per heavy atom. The average Bonchev–Trinajstić information content (AvgIpc) is 2.48. The Balaban J connectivity index is 2.88. The van der Waals surface area contributed by atoms with E-state index in [0.717, 1.165) is 9.91 Å². The third-order valence-electron chi connectivity index (χ3n) is 2.84. The van der Waals surface area contributed by atoms with Gasteiger partial charge in [-0.2, -0.15) is 5.10 Å². The van der Waals surface area contributed by atoms with Crippen LogP contribution in [0.1, 0.15) is 12.8 Å². The second kappa shape index (κ2) is 7.36. The number of esters is 2. The zero-order valence-corrected chi connectivity index (χ0v) is 12.1. The second-order valence-corrected chi connectivity index (χ2v) is 4.28. The van der Waals surface area contributed by atoms with Gasteiger partial charge in [-0.15, -0.1) is 0 Å². The van der Waals surface area contributed by atoms with Gasteiger partial charge in [0.1, 0.15) is 18.8 Å². The van der Waals surface area contributed by atoms with Crippen molar-refractivity contribution in [3.8, 4) is 0 Å². The smallest absolute Gasteiger partial charge is 0.325 e. The third kappa shape index (κ3) is 4.55. The normalized spacial score (nSPS) is 14.3. The van der Waals surface area contributed by atoms with Crippen molar-refractivity contribution >= 4 is 29.5 Å². The maximum absolute atomic E-state index is 12.3. The molecule has 9 nitrogen and oxygen atoms in total.